The van der Waals surface area contributed by atoms with Crippen LogP contribution in [0.2, 0.25) is 0 Å². The summed E-state index contributed by atoms with van der Waals surface area (Å²) in [5.74, 6) is -0.174. The maximum absolute atomic E-state index is 13.2. The van der Waals surface area contributed by atoms with E-state index in [1.54, 1.807) is 53.7 Å². The molecule has 0 spiro atoms. The average molecular weight is 602 g/mol. The highest BCUT2D eigenvalue weighted by atomic mass is 19.4. The zero-order valence-electron chi connectivity index (χ0n) is 22.8. The monoisotopic (exact) mass is 601 g/mol. The lowest BCUT2D eigenvalue weighted by atomic mass is 9.96. The number of hydrogen-bond acceptors (Lipinski definition) is 6. The van der Waals surface area contributed by atoms with Crippen LogP contribution in [0.1, 0.15) is 29.7 Å². The molecule has 4 aromatic rings. The first-order chi connectivity index (χ1) is 20.4. The van der Waals surface area contributed by atoms with E-state index in [0.29, 0.717) is 34.2 Å². The molecule has 43 heavy (non-hydrogen) atoms. The van der Waals surface area contributed by atoms with E-state index < -0.39 is 24.0 Å². The number of halogens is 6. The number of piperidine rings is 1. The number of amides is 1. The van der Waals surface area contributed by atoms with E-state index >= 15 is 0 Å². The Bertz CT molecular complexity index is 1660. The van der Waals surface area contributed by atoms with Gasteiger partial charge in [0.2, 0.25) is 5.91 Å². The molecule has 14 heteroatoms. The van der Waals surface area contributed by atoms with Gasteiger partial charge in [-0.05, 0) is 30.5 Å². The number of nitrogens with zero attached hydrogens (tertiary/aromatic N) is 7. The second kappa shape index (κ2) is 10.7. The fraction of sp³-hybridized carbons (Fsp3) is 0.345. The van der Waals surface area contributed by atoms with Crippen molar-refractivity contribution in [3.05, 3.63) is 71.8 Å². The molecule has 0 N–H and O–H groups in total. The Kier molecular flexibility index (Phi) is 7.09. The molecule has 1 fully saturated rings. The number of imidazole rings is 1. The largest absolute Gasteiger partial charge is 0.434 e. The van der Waals surface area contributed by atoms with E-state index in [1.165, 1.54) is 16.5 Å². The van der Waals surface area contributed by atoms with Crippen LogP contribution in [-0.2, 0) is 31.0 Å². The standard InChI is InChI=1S/C29H25F6N7O/c1-40-16-22(29(33,34)35)38-25(40)18-6-4-17(5-7-18)15-42-23(43)13-19-14-37-24(39-26(19)42)21-3-2-10-36-27(21)41-11-8-20(9-12-41)28(30,31)32/h2-7,10,14,16,20H,8-9,11-13,15H2,1H3. The summed E-state index contributed by atoms with van der Waals surface area (Å²) in [4.78, 5) is 33.6. The van der Waals surface area contributed by atoms with Crippen molar-refractivity contribution >= 4 is 17.5 Å². The number of aromatic nitrogens is 5. The van der Waals surface area contributed by atoms with Crippen LogP contribution in [0.3, 0.4) is 0 Å². The molecule has 0 bridgehead atoms. The second-order valence-electron chi connectivity index (χ2n) is 10.6. The van der Waals surface area contributed by atoms with Crippen LogP contribution >= 0.6 is 0 Å². The van der Waals surface area contributed by atoms with Crippen molar-refractivity contribution in [3.63, 3.8) is 0 Å². The van der Waals surface area contributed by atoms with Gasteiger partial charge < -0.3 is 9.47 Å². The molecule has 0 saturated carbocycles. The lowest BCUT2D eigenvalue weighted by Crippen LogP contribution is -2.39. The second-order valence-corrected chi connectivity index (χ2v) is 10.6. The van der Waals surface area contributed by atoms with Crippen LogP contribution < -0.4 is 9.80 Å². The van der Waals surface area contributed by atoms with Crippen LogP contribution in [0.15, 0.2) is 55.0 Å². The molecule has 224 valence electrons. The van der Waals surface area contributed by atoms with Gasteiger partial charge >= 0.3 is 12.4 Å². The number of aryl methyl sites for hydroxylation is 1. The van der Waals surface area contributed by atoms with Gasteiger partial charge in [-0.1, -0.05) is 24.3 Å². The Hall–Kier alpha value is -4.49. The molecule has 2 aliphatic heterocycles. The summed E-state index contributed by atoms with van der Waals surface area (Å²) in [6.45, 7) is 0.548. The number of pyridine rings is 1. The van der Waals surface area contributed by atoms with Gasteiger partial charge in [0.15, 0.2) is 11.5 Å². The lowest BCUT2D eigenvalue weighted by molar-refractivity contribution is -0.179. The topological polar surface area (TPSA) is 80.0 Å². The number of hydrogen-bond donors (Lipinski definition) is 0. The molecule has 2 aliphatic rings. The molecular weight excluding hydrogens is 576 g/mol. The van der Waals surface area contributed by atoms with Crippen molar-refractivity contribution in [2.24, 2.45) is 13.0 Å². The number of alkyl halides is 6. The Balaban J connectivity index is 1.23. The van der Waals surface area contributed by atoms with Crippen molar-refractivity contribution in [2.75, 3.05) is 22.9 Å². The molecule has 0 radical (unpaired) electrons. The van der Waals surface area contributed by atoms with Gasteiger partial charge in [-0.2, -0.15) is 26.3 Å². The van der Waals surface area contributed by atoms with Crippen LogP contribution in [-0.4, -0.2) is 49.7 Å². The molecule has 1 aromatic carbocycles. The lowest BCUT2D eigenvalue weighted by Gasteiger charge is -2.34. The van der Waals surface area contributed by atoms with Crippen molar-refractivity contribution in [1.82, 2.24) is 24.5 Å². The molecule has 3 aromatic heterocycles. The zero-order valence-corrected chi connectivity index (χ0v) is 22.8. The molecule has 1 saturated heterocycles. The predicted octanol–water partition coefficient (Wildman–Crippen LogP) is 5.83. The van der Waals surface area contributed by atoms with Gasteiger partial charge in [-0.3, -0.25) is 9.69 Å². The number of anilines is 2. The van der Waals surface area contributed by atoms with Gasteiger partial charge in [0, 0.05) is 49.9 Å². The molecular formula is C29H25F6N7O. The third kappa shape index (κ3) is 5.65. The summed E-state index contributed by atoms with van der Waals surface area (Å²) in [5.41, 5.74) is 1.42. The van der Waals surface area contributed by atoms with E-state index in [9.17, 15) is 31.1 Å². The molecule has 0 aliphatic carbocycles. The Morgan fingerprint density at radius 3 is 2.30 bits per heavy atom. The molecule has 0 unspecified atom stereocenters. The SMILES string of the molecule is Cn1cc(C(F)(F)F)nc1-c1ccc(CN2C(=O)Cc3cnc(-c4cccnc4N4CCC(C(F)(F)F)CC4)nc32)cc1. The summed E-state index contributed by atoms with van der Waals surface area (Å²) in [5, 5.41) is 0. The number of carbonyl (C=O) groups excluding carboxylic acids is 1. The van der Waals surface area contributed by atoms with Crippen LogP contribution in [0.4, 0.5) is 38.0 Å². The van der Waals surface area contributed by atoms with Crippen molar-refractivity contribution in [2.45, 2.75) is 38.2 Å². The minimum absolute atomic E-state index is 0.0325. The molecule has 0 atom stereocenters. The fourth-order valence-electron chi connectivity index (χ4n) is 5.48. The van der Waals surface area contributed by atoms with E-state index in [-0.39, 0.29) is 50.6 Å². The normalized spacial score (nSPS) is 16.2. The highest BCUT2D eigenvalue weighted by molar-refractivity contribution is 6.00. The Labute approximate surface area is 242 Å². The van der Waals surface area contributed by atoms with Crippen molar-refractivity contribution in [1.29, 1.82) is 0 Å². The van der Waals surface area contributed by atoms with Gasteiger partial charge in [-0.25, -0.2) is 19.9 Å². The first-order valence-corrected chi connectivity index (χ1v) is 13.5. The number of rotatable bonds is 5. The van der Waals surface area contributed by atoms with Gasteiger partial charge in [0.05, 0.1) is 24.4 Å². The van der Waals surface area contributed by atoms with Crippen LogP contribution in [0.25, 0.3) is 22.8 Å². The number of carbonyl (C=O) groups is 1. The first-order valence-electron chi connectivity index (χ1n) is 13.5. The van der Waals surface area contributed by atoms with E-state index in [4.69, 9.17) is 4.98 Å². The predicted molar refractivity (Wildman–Crippen MR) is 145 cm³/mol. The van der Waals surface area contributed by atoms with Crippen LogP contribution in [0.5, 0.6) is 0 Å². The van der Waals surface area contributed by atoms with Gasteiger partial charge in [-0.15, -0.1) is 0 Å². The third-order valence-corrected chi connectivity index (χ3v) is 7.74. The average Bonchev–Trinajstić information content (AvgIpc) is 3.52. The Morgan fingerprint density at radius 2 is 1.65 bits per heavy atom. The Morgan fingerprint density at radius 1 is 0.930 bits per heavy atom. The maximum Gasteiger partial charge on any atom is 0.434 e. The number of benzene rings is 1. The summed E-state index contributed by atoms with van der Waals surface area (Å²) in [6.07, 6.45) is -4.68. The summed E-state index contributed by atoms with van der Waals surface area (Å²) >= 11 is 0. The van der Waals surface area contributed by atoms with E-state index in [0.717, 1.165) is 11.8 Å². The minimum atomic E-state index is -4.55. The maximum atomic E-state index is 13.2. The van der Waals surface area contributed by atoms with Crippen molar-refractivity contribution < 1.29 is 31.1 Å². The van der Waals surface area contributed by atoms with E-state index in [1.807, 2.05) is 0 Å². The molecule has 8 nitrogen and oxygen atoms in total. The zero-order chi connectivity index (χ0) is 30.5. The highest BCUT2D eigenvalue weighted by Crippen LogP contribution is 2.38. The smallest absolute Gasteiger partial charge is 0.356 e. The van der Waals surface area contributed by atoms with Gasteiger partial charge in [0.25, 0.3) is 0 Å². The molecule has 6 rings (SSSR count). The fourth-order valence-corrected chi connectivity index (χ4v) is 5.48. The third-order valence-electron chi connectivity index (χ3n) is 7.74. The first kappa shape index (κ1) is 28.6. The quantitative estimate of drug-likeness (QED) is 0.268. The summed E-state index contributed by atoms with van der Waals surface area (Å²) < 4.78 is 80.1. The number of fused-ring (bicyclic) bond motifs is 1. The molecule has 1 amide bonds. The van der Waals surface area contributed by atoms with E-state index in [2.05, 4.69) is 15.0 Å². The molecule has 5 heterocycles. The minimum Gasteiger partial charge on any atom is -0.356 e. The summed E-state index contributed by atoms with van der Waals surface area (Å²) in [6, 6.07) is 10.2. The van der Waals surface area contributed by atoms with Crippen molar-refractivity contribution in [3.8, 4) is 22.8 Å². The van der Waals surface area contributed by atoms with Crippen LogP contribution in [0, 0.1) is 5.92 Å². The highest BCUT2D eigenvalue weighted by Gasteiger charge is 2.41. The van der Waals surface area contributed by atoms with Gasteiger partial charge in [0.1, 0.15) is 17.5 Å². The summed E-state index contributed by atoms with van der Waals surface area (Å²) in [7, 11) is 1.49.